The molecule has 2 aliphatic rings. The number of urea groups is 1. The summed E-state index contributed by atoms with van der Waals surface area (Å²) in [6.45, 7) is 1.87. The van der Waals surface area contributed by atoms with Crippen molar-refractivity contribution in [3.05, 3.63) is 47.7 Å². The second kappa shape index (κ2) is 7.29. The van der Waals surface area contributed by atoms with Crippen LogP contribution in [0.3, 0.4) is 0 Å². The third-order valence-corrected chi connectivity index (χ3v) is 5.04. The molecule has 1 saturated carbocycles. The van der Waals surface area contributed by atoms with E-state index in [0.29, 0.717) is 37.9 Å². The monoisotopic (exact) mass is 391 g/mol. The lowest BCUT2D eigenvalue weighted by Gasteiger charge is -2.35. The predicted octanol–water partition coefficient (Wildman–Crippen LogP) is 3.73. The van der Waals surface area contributed by atoms with Crippen LogP contribution in [0.4, 0.5) is 29.5 Å². The van der Waals surface area contributed by atoms with Gasteiger partial charge in [0.05, 0.1) is 0 Å². The summed E-state index contributed by atoms with van der Waals surface area (Å²) in [5, 5.41) is 9.81. The van der Waals surface area contributed by atoms with Gasteiger partial charge in [-0.25, -0.2) is 4.79 Å². The summed E-state index contributed by atoms with van der Waals surface area (Å²) in [7, 11) is 0. The zero-order valence-electron chi connectivity index (χ0n) is 15.1. The highest BCUT2D eigenvalue weighted by atomic mass is 19.4. The Morgan fingerprint density at radius 2 is 1.64 bits per heavy atom. The first-order valence-corrected chi connectivity index (χ1v) is 9.22. The molecular formula is C19H20F3N5O. The van der Waals surface area contributed by atoms with E-state index >= 15 is 0 Å². The molecule has 28 heavy (non-hydrogen) atoms. The molecule has 0 unspecified atom stereocenters. The van der Waals surface area contributed by atoms with Gasteiger partial charge >= 0.3 is 12.2 Å². The molecule has 0 radical (unpaired) electrons. The molecule has 1 N–H and O–H groups in total. The standard InChI is InChI=1S/C19H20F3N5O/c20-19(21,22)16-7-8-17(25-24-16)26-9-11-27(12-10-26)18(28)23-15-5-3-14(4-6-15)13-1-2-13/h3-8,13H,1-2,9-12H2,(H,23,28). The van der Waals surface area contributed by atoms with Gasteiger partial charge in [0.2, 0.25) is 0 Å². The number of halogens is 3. The Labute approximate surface area is 160 Å². The van der Waals surface area contributed by atoms with Crippen LogP contribution < -0.4 is 10.2 Å². The van der Waals surface area contributed by atoms with Crippen molar-refractivity contribution in [2.75, 3.05) is 36.4 Å². The number of carbonyl (C=O) groups excluding carboxylic acids is 1. The molecule has 4 rings (SSSR count). The fourth-order valence-electron chi connectivity index (χ4n) is 3.24. The number of aromatic nitrogens is 2. The SMILES string of the molecule is O=C(Nc1ccc(C2CC2)cc1)N1CCN(c2ccc(C(F)(F)F)nn2)CC1. The van der Waals surface area contributed by atoms with Gasteiger partial charge in [-0.1, -0.05) is 12.1 Å². The van der Waals surface area contributed by atoms with Gasteiger partial charge in [0.1, 0.15) is 0 Å². The van der Waals surface area contributed by atoms with E-state index in [1.165, 1.54) is 24.5 Å². The van der Waals surface area contributed by atoms with Crippen LogP contribution in [0.2, 0.25) is 0 Å². The maximum atomic E-state index is 12.6. The zero-order chi connectivity index (χ0) is 19.7. The third kappa shape index (κ3) is 4.18. The molecule has 0 bridgehead atoms. The van der Waals surface area contributed by atoms with Crippen molar-refractivity contribution in [1.29, 1.82) is 0 Å². The lowest BCUT2D eigenvalue weighted by Crippen LogP contribution is -2.50. The van der Waals surface area contributed by atoms with Crippen molar-refractivity contribution in [1.82, 2.24) is 15.1 Å². The Balaban J connectivity index is 1.30. The summed E-state index contributed by atoms with van der Waals surface area (Å²) in [6.07, 6.45) is -2.03. The Hall–Kier alpha value is -2.84. The number of hydrogen-bond acceptors (Lipinski definition) is 4. The predicted molar refractivity (Wildman–Crippen MR) is 98.3 cm³/mol. The number of nitrogens with zero attached hydrogens (tertiary/aromatic N) is 4. The number of nitrogens with one attached hydrogen (secondary N) is 1. The van der Waals surface area contributed by atoms with Gasteiger partial charge in [0, 0.05) is 31.9 Å². The average Bonchev–Trinajstić information content (AvgIpc) is 3.53. The Kier molecular flexibility index (Phi) is 4.82. The molecule has 2 amide bonds. The van der Waals surface area contributed by atoms with Gasteiger partial charge in [0.15, 0.2) is 11.5 Å². The van der Waals surface area contributed by atoms with Crippen molar-refractivity contribution >= 4 is 17.5 Å². The zero-order valence-corrected chi connectivity index (χ0v) is 15.1. The van der Waals surface area contributed by atoms with Crippen LogP contribution in [-0.4, -0.2) is 47.3 Å². The second-order valence-electron chi connectivity index (χ2n) is 7.08. The maximum Gasteiger partial charge on any atom is 0.435 e. The first kappa shape index (κ1) is 18.5. The largest absolute Gasteiger partial charge is 0.435 e. The number of anilines is 2. The summed E-state index contributed by atoms with van der Waals surface area (Å²) >= 11 is 0. The highest BCUT2D eigenvalue weighted by molar-refractivity contribution is 5.89. The van der Waals surface area contributed by atoms with Crippen molar-refractivity contribution < 1.29 is 18.0 Å². The molecule has 1 saturated heterocycles. The summed E-state index contributed by atoms with van der Waals surface area (Å²) in [4.78, 5) is 15.9. The number of alkyl halides is 3. The van der Waals surface area contributed by atoms with Crippen LogP contribution in [0.5, 0.6) is 0 Å². The van der Waals surface area contributed by atoms with Gasteiger partial charge in [-0.2, -0.15) is 13.2 Å². The maximum absolute atomic E-state index is 12.6. The van der Waals surface area contributed by atoms with E-state index < -0.39 is 11.9 Å². The van der Waals surface area contributed by atoms with E-state index in [-0.39, 0.29) is 6.03 Å². The number of hydrogen-bond donors (Lipinski definition) is 1. The number of benzene rings is 1. The van der Waals surface area contributed by atoms with Gasteiger partial charge in [-0.15, -0.1) is 10.2 Å². The smallest absolute Gasteiger partial charge is 0.352 e. The molecule has 1 aliphatic carbocycles. The molecule has 0 spiro atoms. The third-order valence-electron chi connectivity index (χ3n) is 5.04. The van der Waals surface area contributed by atoms with E-state index in [1.54, 1.807) is 4.90 Å². The average molecular weight is 391 g/mol. The summed E-state index contributed by atoms with van der Waals surface area (Å²) in [5.74, 6) is 1.05. The van der Waals surface area contributed by atoms with Crippen molar-refractivity contribution in [2.45, 2.75) is 24.9 Å². The lowest BCUT2D eigenvalue weighted by atomic mass is 10.1. The quantitative estimate of drug-likeness (QED) is 0.866. The highest BCUT2D eigenvalue weighted by Gasteiger charge is 2.33. The molecule has 2 fully saturated rings. The van der Waals surface area contributed by atoms with Crippen molar-refractivity contribution in [3.8, 4) is 0 Å². The minimum absolute atomic E-state index is 0.183. The molecular weight excluding hydrogens is 371 g/mol. The summed E-state index contributed by atoms with van der Waals surface area (Å²) in [6, 6.07) is 9.99. The molecule has 2 aromatic rings. The van der Waals surface area contributed by atoms with E-state index in [4.69, 9.17) is 0 Å². The number of piperazine rings is 1. The lowest BCUT2D eigenvalue weighted by molar-refractivity contribution is -0.141. The number of rotatable bonds is 3. The van der Waals surface area contributed by atoms with E-state index in [2.05, 4.69) is 27.6 Å². The molecule has 0 atom stereocenters. The van der Waals surface area contributed by atoms with Crippen LogP contribution in [0, 0.1) is 0 Å². The van der Waals surface area contributed by atoms with Crippen LogP contribution in [0.15, 0.2) is 36.4 Å². The summed E-state index contributed by atoms with van der Waals surface area (Å²) in [5.41, 5.74) is 1.05. The minimum Gasteiger partial charge on any atom is -0.352 e. The molecule has 1 aromatic carbocycles. The van der Waals surface area contributed by atoms with Crippen LogP contribution in [0.25, 0.3) is 0 Å². The molecule has 9 heteroatoms. The van der Waals surface area contributed by atoms with Crippen LogP contribution in [0.1, 0.15) is 30.0 Å². The molecule has 2 heterocycles. The second-order valence-corrected chi connectivity index (χ2v) is 7.08. The highest BCUT2D eigenvalue weighted by Crippen LogP contribution is 2.40. The van der Waals surface area contributed by atoms with Crippen LogP contribution >= 0.6 is 0 Å². The minimum atomic E-state index is -4.50. The van der Waals surface area contributed by atoms with E-state index in [1.807, 2.05) is 17.0 Å². The normalized spacial score (nSPS) is 17.5. The van der Waals surface area contributed by atoms with Gasteiger partial charge in [-0.05, 0) is 48.6 Å². The Morgan fingerprint density at radius 3 is 2.18 bits per heavy atom. The van der Waals surface area contributed by atoms with Gasteiger partial charge in [0.25, 0.3) is 0 Å². The topological polar surface area (TPSA) is 61.4 Å². The van der Waals surface area contributed by atoms with Crippen molar-refractivity contribution in [2.24, 2.45) is 0 Å². The number of carbonyl (C=O) groups is 1. The Morgan fingerprint density at radius 1 is 0.964 bits per heavy atom. The fourth-order valence-corrected chi connectivity index (χ4v) is 3.24. The van der Waals surface area contributed by atoms with Crippen LogP contribution in [-0.2, 0) is 6.18 Å². The number of amides is 2. The Bertz CT molecular complexity index is 826. The molecule has 6 nitrogen and oxygen atoms in total. The molecule has 1 aliphatic heterocycles. The first-order valence-electron chi connectivity index (χ1n) is 9.22. The fraction of sp³-hybridized carbons (Fsp3) is 0.421. The van der Waals surface area contributed by atoms with E-state index in [0.717, 1.165) is 11.8 Å². The van der Waals surface area contributed by atoms with Crippen molar-refractivity contribution in [3.63, 3.8) is 0 Å². The first-order chi connectivity index (χ1) is 13.4. The summed E-state index contributed by atoms with van der Waals surface area (Å²) < 4.78 is 37.7. The molecule has 1 aromatic heterocycles. The van der Waals surface area contributed by atoms with Gasteiger partial charge in [-0.3, -0.25) is 0 Å². The molecule has 148 valence electrons. The van der Waals surface area contributed by atoms with E-state index in [9.17, 15) is 18.0 Å². The van der Waals surface area contributed by atoms with Gasteiger partial charge < -0.3 is 15.1 Å².